The number of aliphatic hydroxyl groups excluding tert-OH is 1. The Hall–Kier alpha value is -1.36. The Bertz CT molecular complexity index is 611. The van der Waals surface area contributed by atoms with Gasteiger partial charge in [0, 0.05) is 11.8 Å². The van der Waals surface area contributed by atoms with E-state index in [-0.39, 0.29) is 17.7 Å². The van der Waals surface area contributed by atoms with Crippen LogP contribution < -0.4 is 5.56 Å². The fourth-order valence-corrected chi connectivity index (χ4v) is 1.62. The highest BCUT2D eigenvalue weighted by Gasteiger charge is 2.06. The van der Waals surface area contributed by atoms with Crippen molar-refractivity contribution in [1.29, 1.82) is 0 Å². The van der Waals surface area contributed by atoms with Crippen LogP contribution in [-0.2, 0) is 6.61 Å². The van der Waals surface area contributed by atoms with Crippen LogP contribution in [-0.4, -0.2) is 15.1 Å². The summed E-state index contributed by atoms with van der Waals surface area (Å²) >= 11 is 11.7. The maximum Gasteiger partial charge on any atom is 0.256 e. The number of halogens is 2. The summed E-state index contributed by atoms with van der Waals surface area (Å²) in [6.07, 6.45) is 1.33. The molecule has 0 aliphatic heterocycles. The largest absolute Gasteiger partial charge is 0.391 e. The maximum absolute atomic E-state index is 11.5. The van der Waals surface area contributed by atoms with Gasteiger partial charge in [0.05, 0.1) is 22.2 Å². The van der Waals surface area contributed by atoms with Crippen LogP contribution in [0.3, 0.4) is 0 Å². The van der Waals surface area contributed by atoms with Crippen LogP contribution in [0, 0.1) is 0 Å². The van der Waals surface area contributed by atoms with E-state index in [0.29, 0.717) is 21.4 Å². The van der Waals surface area contributed by atoms with Gasteiger partial charge >= 0.3 is 0 Å². The van der Waals surface area contributed by atoms with E-state index in [4.69, 9.17) is 28.3 Å². The first kappa shape index (κ1) is 12.1. The van der Waals surface area contributed by atoms with Crippen LogP contribution >= 0.6 is 23.2 Å². The summed E-state index contributed by atoms with van der Waals surface area (Å²) in [6, 6.07) is 4.94. The molecule has 0 radical (unpaired) electrons. The molecule has 0 saturated carbocycles. The molecule has 2 rings (SSSR count). The van der Waals surface area contributed by atoms with Gasteiger partial charge in [-0.15, -0.1) is 0 Å². The number of nitrogens with one attached hydrogen (secondary N) is 1. The number of aliphatic hydroxyl groups is 1. The summed E-state index contributed by atoms with van der Waals surface area (Å²) in [5, 5.41) is 9.68. The lowest BCUT2D eigenvalue weighted by Crippen LogP contribution is -2.14. The topological polar surface area (TPSA) is 66.0 Å². The maximum atomic E-state index is 11.5. The molecule has 0 unspecified atom stereocenters. The number of benzene rings is 1. The van der Waals surface area contributed by atoms with Crippen molar-refractivity contribution in [2.45, 2.75) is 6.61 Å². The SMILES string of the molecule is O=c1[nH]c(-c2ccc(Cl)c(Cl)c2)ncc1CO. The zero-order valence-corrected chi connectivity index (χ0v) is 10.1. The van der Waals surface area contributed by atoms with E-state index in [1.165, 1.54) is 6.20 Å². The highest BCUT2D eigenvalue weighted by atomic mass is 35.5. The molecule has 17 heavy (non-hydrogen) atoms. The normalized spacial score (nSPS) is 10.5. The van der Waals surface area contributed by atoms with Gasteiger partial charge in [-0.05, 0) is 18.2 Å². The summed E-state index contributed by atoms with van der Waals surface area (Å²) in [7, 11) is 0. The fourth-order valence-electron chi connectivity index (χ4n) is 1.32. The number of H-pyrrole nitrogens is 1. The van der Waals surface area contributed by atoms with Gasteiger partial charge < -0.3 is 10.1 Å². The summed E-state index contributed by atoms with van der Waals surface area (Å²) in [4.78, 5) is 18.1. The van der Waals surface area contributed by atoms with Gasteiger partial charge in [-0.1, -0.05) is 23.2 Å². The highest BCUT2D eigenvalue weighted by molar-refractivity contribution is 6.42. The summed E-state index contributed by atoms with van der Waals surface area (Å²) in [5.41, 5.74) is 0.498. The number of aromatic nitrogens is 2. The third-order valence-corrected chi connectivity index (χ3v) is 2.98. The van der Waals surface area contributed by atoms with E-state index < -0.39 is 0 Å². The lowest BCUT2D eigenvalue weighted by molar-refractivity contribution is 0.279. The minimum atomic E-state index is -0.372. The van der Waals surface area contributed by atoms with E-state index in [2.05, 4.69) is 9.97 Å². The molecule has 0 bridgehead atoms. The second-order valence-corrected chi connectivity index (χ2v) is 4.19. The molecule has 88 valence electrons. The van der Waals surface area contributed by atoms with E-state index in [9.17, 15) is 4.79 Å². The molecule has 0 spiro atoms. The molecule has 0 amide bonds. The minimum absolute atomic E-state index is 0.216. The average Bonchev–Trinajstić information content (AvgIpc) is 2.32. The summed E-state index contributed by atoms with van der Waals surface area (Å²) in [6.45, 7) is -0.343. The minimum Gasteiger partial charge on any atom is -0.391 e. The molecule has 0 aliphatic rings. The molecule has 2 aromatic rings. The van der Waals surface area contributed by atoms with Crippen molar-refractivity contribution in [2.24, 2.45) is 0 Å². The number of aromatic amines is 1. The van der Waals surface area contributed by atoms with E-state index in [1.807, 2.05) is 0 Å². The first-order valence-corrected chi connectivity index (χ1v) is 5.52. The molecule has 1 aromatic heterocycles. The van der Waals surface area contributed by atoms with Crippen LogP contribution in [0.2, 0.25) is 10.0 Å². The number of rotatable bonds is 2. The van der Waals surface area contributed by atoms with Crippen LogP contribution in [0.1, 0.15) is 5.56 Å². The van der Waals surface area contributed by atoms with Gasteiger partial charge in [-0.3, -0.25) is 4.79 Å². The van der Waals surface area contributed by atoms with Crippen molar-refractivity contribution in [3.63, 3.8) is 0 Å². The average molecular weight is 271 g/mol. The Morgan fingerprint density at radius 3 is 2.65 bits per heavy atom. The molecule has 4 nitrogen and oxygen atoms in total. The molecule has 0 saturated heterocycles. The van der Waals surface area contributed by atoms with Gasteiger partial charge in [0.25, 0.3) is 5.56 Å². The van der Waals surface area contributed by atoms with Crippen molar-refractivity contribution in [3.8, 4) is 11.4 Å². The van der Waals surface area contributed by atoms with Crippen molar-refractivity contribution >= 4 is 23.2 Å². The second-order valence-electron chi connectivity index (χ2n) is 3.37. The van der Waals surface area contributed by atoms with E-state index in [1.54, 1.807) is 18.2 Å². The van der Waals surface area contributed by atoms with E-state index >= 15 is 0 Å². The van der Waals surface area contributed by atoms with E-state index in [0.717, 1.165) is 0 Å². The van der Waals surface area contributed by atoms with Crippen molar-refractivity contribution in [1.82, 2.24) is 9.97 Å². The Balaban J connectivity index is 2.50. The first-order valence-electron chi connectivity index (χ1n) is 4.76. The summed E-state index contributed by atoms with van der Waals surface area (Å²) < 4.78 is 0. The molecular weight excluding hydrogens is 263 g/mol. The quantitative estimate of drug-likeness (QED) is 0.880. The Morgan fingerprint density at radius 2 is 2.06 bits per heavy atom. The van der Waals surface area contributed by atoms with Crippen molar-refractivity contribution in [2.75, 3.05) is 0 Å². The monoisotopic (exact) mass is 270 g/mol. The smallest absolute Gasteiger partial charge is 0.256 e. The zero-order valence-electron chi connectivity index (χ0n) is 8.58. The second kappa shape index (κ2) is 4.87. The number of hydrogen-bond donors (Lipinski definition) is 2. The first-order chi connectivity index (χ1) is 8.11. The zero-order chi connectivity index (χ0) is 12.4. The third-order valence-electron chi connectivity index (χ3n) is 2.24. The molecule has 0 atom stereocenters. The predicted octanol–water partition coefficient (Wildman–Crippen LogP) is 2.24. The Labute approximate surface area is 107 Å². The Kier molecular flexibility index (Phi) is 3.47. The van der Waals surface area contributed by atoms with Gasteiger partial charge in [0.15, 0.2) is 0 Å². The van der Waals surface area contributed by atoms with Gasteiger partial charge in [0.2, 0.25) is 0 Å². The lowest BCUT2D eigenvalue weighted by atomic mass is 10.2. The molecule has 1 heterocycles. The third kappa shape index (κ3) is 2.49. The molecule has 6 heteroatoms. The summed E-state index contributed by atoms with van der Waals surface area (Å²) in [5.74, 6) is 0.380. The van der Waals surface area contributed by atoms with Crippen LogP contribution in [0.15, 0.2) is 29.2 Å². The van der Waals surface area contributed by atoms with Gasteiger partial charge in [-0.2, -0.15) is 0 Å². The van der Waals surface area contributed by atoms with Crippen LogP contribution in [0.5, 0.6) is 0 Å². The van der Waals surface area contributed by atoms with Crippen molar-refractivity contribution in [3.05, 3.63) is 50.4 Å². The molecular formula is C11H8Cl2N2O2. The predicted molar refractivity (Wildman–Crippen MR) is 66.2 cm³/mol. The van der Waals surface area contributed by atoms with Gasteiger partial charge in [0.1, 0.15) is 5.82 Å². The molecule has 2 N–H and O–H groups in total. The van der Waals surface area contributed by atoms with Gasteiger partial charge in [-0.25, -0.2) is 4.98 Å². The molecule has 1 aromatic carbocycles. The standard InChI is InChI=1S/C11H8Cl2N2O2/c12-8-2-1-6(3-9(8)13)10-14-4-7(5-16)11(17)15-10/h1-4,16H,5H2,(H,14,15,17). The molecule has 0 fully saturated rings. The highest BCUT2D eigenvalue weighted by Crippen LogP contribution is 2.26. The Morgan fingerprint density at radius 1 is 1.29 bits per heavy atom. The number of nitrogens with zero attached hydrogens (tertiary/aromatic N) is 1. The molecule has 0 aliphatic carbocycles. The van der Waals surface area contributed by atoms with Crippen LogP contribution in [0.4, 0.5) is 0 Å². The number of hydrogen-bond acceptors (Lipinski definition) is 3. The lowest BCUT2D eigenvalue weighted by Gasteiger charge is -2.03. The van der Waals surface area contributed by atoms with Crippen LogP contribution in [0.25, 0.3) is 11.4 Å². The van der Waals surface area contributed by atoms with Crippen molar-refractivity contribution < 1.29 is 5.11 Å². The fraction of sp³-hybridized carbons (Fsp3) is 0.0909.